The second-order valence-corrected chi connectivity index (χ2v) is 9.06. The minimum Gasteiger partial charge on any atom is -0.611 e. The van der Waals surface area contributed by atoms with Crippen LogP contribution in [0.15, 0.2) is 22.7 Å². The van der Waals surface area contributed by atoms with Crippen LogP contribution in [0.5, 0.6) is 0 Å². The molecule has 4 rings (SSSR count). The molecule has 0 unspecified atom stereocenters. The number of aromatic nitrogens is 3. The molecule has 1 saturated carbocycles. The van der Waals surface area contributed by atoms with Crippen LogP contribution in [-0.4, -0.2) is 38.8 Å². The fourth-order valence-corrected chi connectivity index (χ4v) is 5.54. The van der Waals surface area contributed by atoms with Crippen molar-refractivity contribution >= 4 is 38.4 Å². The van der Waals surface area contributed by atoms with Gasteiger partial charge < -0.3 is 15.0 Å². The second-order valence-electron chi connectivity index (χ2n) is 6.30. The molecule has 25 heavy (non-hydrogen) atoms. The Morgan fingerprint density at radius 2 is 2.28 bits per heavy atom. The fourth-order valence-electron chi connectivity index (χ4n) is 2.97. The zero-order valence-corrected chi connectivity index (χ0v) is 15.8. The monoisotopic (exact) mass is 376 g/mol. The Kier molecular flexibility index (Phi) is 4.45. The first kappa shape index (κ1) is 16.8. The van der Waals surface area contributed by atoms with Gasteiger partial charge in [-0.2, -0.15) is 5.10 Å². The third-order valence-electron chi connectivity index (χ3n) is 4.39. The number of pyridine rings is 1. The Morgan fingerprint density at radius 1 is 1.48 bits per heavy atom. The molecule has 3 aromatic heterocycles. The largest absolute Gasteiger partial charge is 0.611 e. The summed E-state index contributed by atoms with van der Waals surface area (Å²) in [5.74, 6) is 0.972. The molecule has 132 valence electrons. The molecule has 8 heteroatoms. The van der Waals surface area contributed by atoms with Crippen LogP contribution in [-0.2, 0) is 23.0 Å². The highest BCUT2D eigenvalue weighted by molar-refractivity contribution is 7.93. The smallest absolute Gasteiger partial charge is 0.232 e. The molecule has 0 radical (unpaired) electrons. The molecule has 0 amide bonds. The molecule has 0 saturated heterocycles. The van der Waals surface area contributed by atoms with E-state index in [9.17, 15) is 4.55 Å². The molecular weight excluding hydrogens is 356 g/mol. The van der Waals surface area contributed by atoms with Crippen molar-refractivity contribution in [2.24, 2.45) is 7.05 Å². The molecule has 0 aliphatic heterocycles. The molecule has 0 aromatic carbocycles. The normalized spacial score (nSPS) is 15.8. The van der Waals surface area contributed by atoms with Crippen molar-refractivity contribution in [2.75, 3.05) is 25.2 Å². The van der Waals surface area contributed by atoms with E-state index in [1.54, 1.807) is 11.8 Å². The van der Waals surface area contributed by atoms with Crippen LogP contribution >= 0.6 is 11.3 Å². The third-order valence-corrected chi connectivity index (χ3v) is 7.27. The molecule has 1 atom stereocenters. The first-order valence-corrected chi connectivity index (χ1v) is 10.3. The van der Waals surface area contributed by atoms with Crippen LogP contribution in [0, 0.1) is 0 Å². The zero-order valence-electron chi connectivity index (χ0n) is 14.2. The number of fused-ring (bicyclic) bond motifs is 1. The molecule has 1 fully saturated rings. The number of nitrogen functional groups attached to an aromatic ring is 1. The number of ether oxygens (including phenoxy) is 1. The number of nitrogens with zero attached hydrogens (tertiary/aromatic N) is 3. The topological polar surface area (TPSA) is 89.0 Å². The lowest BCUT2D eigenvalue weighted by atomic mass is 10.0. The van der Waals surface area contributed by atoms with Crippen molar-refractivity contribution in [3.8, 4) is 11.3 Å². The van der Waals surface area contributed by atoms with Gasteiger partial charge in [-0.15, -0.1) is 0 Å². The molecule has 1 aliphatic rings. The van der Waals surface area contributed by atoms with Crippen molar-refractivity contribution in [1.29, 1.82) is 0 Å². The molecule has 0 bridgehead atoms. The summed E-state index contributed by atoms with van der Waals surface area (Å²) in [4.78, 5) is 5.66. The number of methoxy groups -OCH3 is 1. The summed E-state index contributed by atoms with van der Waals surface area (Å²) in [6, 6.07) is 2.13. The maximum absolute atomic E-state index is 12.6. The van der Waals surface area contributed by atoms with Crippen LogP contribution < -0.4 is 5.73 Å². The average molecular weight is 377 g/mol. The Hall–Kier alpha value is -1.61. The van der Waals surface area contributed by atoms with Crippen molar-refractivity contribution < 1.29 is 9.29 Å². The van der Waals surface area contributed by atoms with E-state index in [0.29, 0.717) is 28.2 Å². The maximum atomic E-state index is 12.6. The highest BCUT2D eigenvalue weighted by Crippen LogP contribution is 2.48. The Bertz CT molecular complexity index is 917. The van der Waals surface area contributed by atoms with Gasteiger partial charge in [-0.3, -0.25) is 4.68 Å². The highest BCUT2D eigenvalue weighted by Gasteiger charge is 2.31. The van der Waals surface area contributed by atoms with Crippen molar-refractivity contribution in [3.05, 3.63) is 24.0 Å². The minimum atomic E-state index is -1.16. The summed E-state index contributed by atoms with van der Waals surface area (Å²) in [5.41, 5.74) is 10.1. The summed E-state index contributed by atoms with van der Waals surface area (Å²) in [6.07, 6.45) is 6.12. The van der Waals surface area contributed by atoms with Crippen LogP contribution in [0.4, 0.5) is 5.69 Å². The van der Waals surface area contributed by atoms with Gasteiger partial charge in [0.05, 0.1) is 18.5 Å². The van der Waals surface area contributed by atoms with Crippen LogP contribution in [0.1, 0.15) is 24.3 Å². The molecule has 2 N–H and O–H groups in total. The molecule has 0 spiro atoms. The Labute approximate surface area is 153 Å². The lowest BCUT2D eigenvalue weighted by molar-refractivity contribution is 0.217. The van der Waals surface area contributed by atoms with Crippen molar-refractivity contribution in [1.82, 2.24) is 14.8 Å². The van der Waals surface area contributed by atoms with E-state index in [1.807, 2.05) is 19.4 Å². The van der Waals surface area contributed by atoms with E-state index in [1.165, 1.54) is 29.7 Å². The second kappa shape index (κ2) is 6.60. The number of nitrogens with two attached hydrogens (primary N) is 1. The number of hydrogen-bond donors (Lipinski definition) is 1. The van der Waals surface area contributed by atoms with E-state index in [4.69, 9.17) is 15.5 Å². The number of anilines is 1. The van der Waals surface area contributed by atoms with Gasteiger partial charge in [-0.1, -0.05) is 11.3 Å². The highest BCUT2D eigenvalue weighted by atomic mass is 32.2. The van der Waals surface area contributed by atoms with Gasteiger partial charge >= 0.3 is 0 Å². The first-order chi connectivity index (χ1) is 12.1. The molecule has 3 heterocycles. The number of thiophene rings is 1. The van der Waals surface area contributed by atoms with E-state index in [0.717, 1.165) is 21.5 Å². The standard InChI is InChI=1S/C17H20N4O2S2/c1-21-9-11(8-19-21)13-7-12(10-3-4-10)14-15(18)17(24-16(14)20-13)25(22)6-5-23-2/h7-10H,3-6,18H2,1-2H3/t25-/m1/s1. The number of aryl methyl sites for hydroxylation is 1. The van der Waals surface area contributed by atoms with Gasteiger partial charge in [0, 0.05) is 42.5 Å². The van der Waals surface area contributed by atoms with E-state index in [-0.39, 0.29) is 0 Å². The SMILES string of the molecule is COCC[S@@+]([O-])c1sc2nc(-c3cnn(C)c3)cc(C3CC3)c2c1N. The summed E-state index contributed by atoms with van der Waals surface area (Å²) in [7, 11) is 3.50. The fraction of sp³-hybridized carbons (Fsp3) is 0.412. The summed E-state index contributed by atoms with van der Waals surface area (Å²) in [6.45, 7) is 0.449. The van der Waals surface area contributed by atoms with Gasteiger partial charge in [0.2, 0.25) is 4.21 Å². The summed E-state index contributed by atoms with van der Waals surface area (Å²) in [5, 5.41) is 5.23. The van der Waals surface area contributed by atoms with Crippen LogP contribution in [0.2, 0.25) is 0 Å². The Balaban J connectivity index is 1.84. The molecule has 3 aromatic rings. The van der Waals surface area contributed by atoms with E-state index in [2.05, 4.69) is 11.2 Å². The van der Waals surface area contributed by atoms with Gasteiger partial charge in [-0.05, 0) is 30.4 Å². The minimum absolute atomic E-state index is 0.446. The van der Waals surface area contributed by atoms with Gasteiger partial charge in [0.1, 0.15) is 16.3 Å². The maximum Gasteiger partial charge on any atom is 0.232 e. The third kappa shape index (κ3) is 3.15. The van der Waals surface area contributed by atoms with Crippen molar-refractivity contribution in [2.45, 2.75) is 23.0 Å². The van der Waals surface area contributed by atoms with Gasteiger partial charge in [0.25, 0.3) is 0 Å². The molecule has 6 nitrogen and oxygen atoms in total. The summed E-state index contributed by atoms with van der Waals surface area (Å²) >= 11 is 0.275. The number of hydrogen-bond acceptors (Lipinski definition) is 6. The predicted molar refractivity (Wildman–Crippen MR) is 101 cm³/mol. The van der Waals surface area contributed by atoms with Gasteiger partial charge in [0.15, 0.2) is 0 Å². The first-order valence-electron chi connectivity index (χ1n) is 8.17. The molecular formula is C17H20N4O2S2. The van der Waals surface area contributed by atoms with Gasteiger partial charge in [-0.25, -0.2) is 4.98 Å². The zero-order chi connectivity index (χ0) is 17.6. The van der Waals surface area contributed by atoms with E-state index < -0.39 is 11.2 Å². The molecule has 1 aliphatic carbocycles. The number of rotatable bonds is 6. The lowest BCUT2D eigenvalue weighted by Gasteiger charge is -2.08. The lowest BCUT2D eigenvalue weighted by Crippen LogP contribution is -2.11. The van der Waals surface area contributed by atoms with Crippen LogP contribution in [0.25, 0.3) is 21.5 Å². The predicted octanol–water partition coefficient (Wildman–Crippen LogP) is 2.91. The van der Waals surface area contributed by atoms with E-state index >= 15 is 0 Å². The van der Waals surface area contributed by atoms with Crippen LogP contribution in [0.3, 0.4) is 0 Å². The average Bonchev–Trinajstić information content (AvgIpc) is 3.28. The quantitative estimate of drug-likeness (QED) is 0.668. The van der Waals surface area contributed by atoms with Crippen molar-refractivity contribution in [3.63, 3.8) is 0 Å². The Morgan fingerprint density at radius 3 is 2.92 bits per heavy atom. The summed E-state index contributed by atoms with van der Waals surface area (Å²) < 4.78 is 20.1.